The summed E-state index contributed by atoms with van der Waals surface area (Å²) in [4.78, 5) is 0. The van der Waals surface area contributed by atoms with Crippen molar-refractivity contribution in [3.8, 4) is 5.75 Å². The van der Waals surface area contributed by atoms with Gasteiger partial charge in [-0.3, -0.25) is 0 Å². The topological polar surface area (TPSA) is 33.3 Å². The summed E-state index contributed by atoms with van der Waals surface area (Å²) in [6.45, 7) is 5.60. The molecule has 0 saturated heterocycles. The van der Waals surface area contributed by atoms with E-state index in [9.17, 15) is 0 Å². The van der Waals surface area contributed by atoms with E-state index in [4.69, 9.17) is 17.0 Å². The number of nitrogens with one attached hydrogen (secondary N) is 2. The van der Waals surface area contributed by atoms with Crippen LogP contribution in [0.1, 0.15) is 24.5 Å². The van der Waals surface area contributed by atoms with Crippen LogP contribution in [0.15, 0.2) is 48.5 Å². The van der Waals surface area contributed by atoms with Crippen LogP contribution in [-0.4, -0.2) is 18.3 Å². The first-order valence-electron chi connectivity index (χ1n) is 8.01. The zero-order valence-corrected chi connectivity index (χ0v) is 14.6. The summed E-state index contributed by atoms with van der Waals surface area (Å²) in [5, 5.41) is 7.12. The van der Waals surface area contributed by atoms with Gasteiger partial charge in [0.15, 0.2) is 5.11 Å². The molecular weight excluding hydrogens is 304 g/mol. The van der Waals surface area contributed by atoms with Crippen molar-refractivity contribution in [2.45, 2.75) is 26.7 Å². The number of rotatable bonds is 7. The fraction of sp³-hybridized carbons (Fsp3) is 0.316. The van der Waals surface area contributed by atoms with Crippen LogP contribution in [0.5, 0.6) is 5.75 Å². The van der Waals surface area contributed by atoms with E-state index in [1.54, 1.807) is 0 Å². The third kappa shape index (κ3) is 5.91. The van der Waals surface area contributed by atoms with Crippen molar-refractivity contribution in [2.24, 2.45) is 0 Å². The van der Waals surface area contributed by atoms with Gasteiger partial charge in [-0.1, -0.05) is 30.3 Å². The molecule has 0 atom stereocenters. The molecule has 4 heteroatoms. The first kappa shape index (κ1) is 17.3. The standard InChI is InChI=1S/C19H24N2OS/c1-3-22-18-12-5-4-9-16(18)10-7-13-20-19(23)21-17-11-6-8-15(2)14-17/h4-6,8-9,11-12,14H,3,7,10,13H2,1-2H3,(H2,20,21,23). The predicted molar refractivity (Wildman–Crippen MR) is 101 cm³/mol. The number of thiocarbonyl (C=S) groups is 1. The highest BCUT2D eigenvalue weighted by atomic mass is 32.1. The summed E-state index contributed by atoms with van der Waals surface area (Å²) in [6.07, 6.45) is 1.97. The van der Waals surface area contributed by atoms with Crippen molar-refractivity contribution < 1.29 is 4.74 Å². The predicted octanol–water partition coefficient (Wildman–Crippen LogP) is 4.31. The maximum absolute atomic E-state index is 5.65. The number of hydrogen-bond donors (Lipinski definition) is 2. The lowest BCUT2D eigenvalue weighted by molar-refractivity contribution is 0.336. The lowest BCUT2D eigenvalue weighted by atomic mass is 10.1. The summed E-state index contributed by atoms with van der Waals surface area (Å²) < 4.78 is 5.65. The second-order valence-corrected chi connectivity index (χ2v) is 5.80. The molecule has 2 N–H and O–H groups in total. The molecule has 0 aliphatic heterocycles. The number of aryl methyl sites for hydroxylation is 2. The van der Waals surface area contributed by atoms with E-state index >= 15 is 0 Å². The third-order valence-corrected chi connectivity index (χ3v) is 3.70. The van der Waals surface area contributed by atoms with Crippen LogP contribution < -0.4 is 15.4 Å². The molecule has 0 aromatic heterocycles. The molecular formula is C19H24N2OS. The van der Waals surface area contributed by atoms with Crippen LogP contribution in [0.2, 0.25) is 0 Å². The number of ether oxygens (including phenoxy) is 1. The zero-order valence-electron chi connectivity index (χ0n) is 13.8. The Morgan fingerprint density at radius 1 is 1.13 bits per heavy atom. The van der Waals surface area contributed by atoms with E-state index in [1.165, 1.54) is 11.1 Å². The molecule has 0 unspecified atom stereocenters. The fourth-order valence-corrected chi connectivity index (χ4v) is 2.61. The molecule has 122 valence electrons. The second kappa shape index (κ2) is 9.16. The molecule has 2 aromatic rings. The van der Waals surface area contributed by atoms with Gasteiger partial charge in [0.2, 0.25) is 0 Å². The van der Waals surface area contributed by atoms with Gasteiger partial charge in [0.1, 0.15) is 5.75 Å². The van der Waals surface area contributed by atoms with Crippen molar-refractivity contribution >= 4 is 23.0 Å². The van der Waals surface area contributed by atoms with Crippen LogP contribution in [0.4, 0.5) is 5.69 Å². The summed E-state index contributed by atoms with van der Waals surface area (Å²) in [5.41, 5.74) is 3.48. The van der Waals surface area contributed by atoms with Gasteiger partial charge in [0.25, 0.3) is 0 Å². The number of para-hydroxylation sites is 1. The molecule has 0 radical (unpaired) electrons. The third-order valence-electron chi connectivity index (χ3n) is 3.46. The highest BCUT2D eigenvalue weighted by molar-refractivity contribution is 7.80. The average molecular weight is 328 g/mol. The minimum absolute atomic E-state index is 0.661. The van der Waals surface area contributed by atoms with E-state index < -0.39 is 0 Å². The monoisotopic (exact) mass is 328 g/mol. The van der Waals surface area contributed by atoms with Gasteiger partial charge in [-0.05, 0) is 68.2 Å². The highest BCUT2D eigenvalue weighted by Gasteiger charge is 2.02. The van der Waals surface area contributed by atoms with Gasteiger partial charge >= 0.3 is 0 Å². The first-order valence-corrected chi connectivity index (χ1v) is 8.42. The fourth-order valence-electron chi connectivity index (χ4n) is 2.39. The Bertz CT molecular complexity index is 643. The highest BCUT2D eigenvalue weighted by Crippen LogP contribution is 2.19. The lowest BCUT2D eigenvalue weighted by Gasteiger charge is -2.12. The number of anilines is 1. The summed E-state index contributed by atoms with van der Waals surface area (Å²) in [6, 6.07) is 16.4. The smallest absolute Gasteiger partial charge is 0.170 e. The van der Waals surface area contributed by atoms with Gasteiger partial charge < -0.3 is 15.4 Å². The van der Waals surface area contributed by atoms with E-state index in [2.05, 4.69) is 41.8 Å². The molecule has 2 rings (SSSR count). The molecule has 0 fully saturated rings. The minimum Gasteiger partial charge on any atom is -0.494 e. The second-order valence-electron chi connectivity index (χ2n) is 5.39. The first-order chi connectivity index (χ1) is 11.2. The Kier molecular flexibility index (Phi) is 6.88. The van der Waals surface area contributed by atoms with Crippen LogP contribution in [0.3, 0.4) is 0 Å². The van der Waals surface area contributed by atoms with E-state index in [0.717, 1.165) is 30.8 Å². The normalized spacial score (nSPS) is 10.2. The maximum Gasteiger partial charge on any atom is 0.170 e. The Morgan fingerprint density at radius 3 is 2.74 bits per heavy atom. The minimum atomic E-state index is 0.661. The Labute approximate surface area is 144 Å². The molecule has 23 heavy (non-hydrogen) atoms. The Hall–Kier alpha value is -2.07. The van der Waals surface area contributed by atoms with E-state index in [0.29, 0.717) is 11.7 Å². The molecule has 0 aliphatic rings. The lowest BCUT2D eigenvalue weighted by Crippen LogP contribution is -2.29. The summed E-state index contributed by atoms with van der Waals surface area (Å²) >= 11 is 5.33. The van der Waals surface area contributed by atoms with Crippen molar-refractivity contribution in [1.29, 1.82) is 0 Å². The SMILES string of the molecule is CCOc1ccccc1CCCNC(=S)Nc1cccc(C)c1. The summed E-state index contributed by atoms with van der Waals surface area (Å²) in [7, 11) is 0. The quantitative estimate of drug-likeness (QED) is 0.586. The van der Waals surface area contributed by atoms with Gasteiger partial charge in [0.05, 0.1) is 6.61 Å². The molecule has 2 aromatic carbocycles. The van der Waals surface area contributed by atoms with E-state index in [1.807, 2.05) is 31.2 Å². The van der Waals surface area contributed by atoms with Crippen LogP contribution in [0.25, 0.3) is 0 Å². The maximum atomic E-state index is 5.65. The van der Waals surface area contributed by atoms with Crippen LogP contribution in [-0.2, 0) is 6.42 Å². The van der Waals surface area contributed by atoms with E-state index in [-0.39, 0.29) is 0 Å². The van der Waals surface area contributed by atoms with Gasteiger partial charge in [-0.2, -0.15) is 0 Å². The Balaban J connectivity index is 1.74. The molecule has 0 amide bonds. The molecule has 0 heterocycles. The van der Waals surface area contributed by atoms with Crippen molar-refractivity contribution in [1.82, 2.24) is 5.32 Å². The molecule has 0 spiro atoms. The summed E-state index contributed by atoms with van der Waals surface area (Å²) in [5.74, 6) is 0.982. The number of benzene rings is 2. The average Bonchev–Trinajstić information content (AvgIpc) is 2.53. The molecule has 0 aliphatic carbocycles. The van der Waals surface area contributed by atoms with Crippen LogP contribution >= 0.6 is 12.2 Å². The zero-order chi connectivity index (χ0) is 16.5. The van der Waals surface area contributed by atoms with Gasteiger partial charge in [-0.25, -0.2) is 0 Å². The molecule has 3 nitrogen and oxygen atoms in total. The van der Waals surface area contributed by atoms with Gasteiger partial charge in [-0.15, -0.1) is 0 Å². The number of hydrogen-bond acceptors (Lipinski definition) is 2. The molecule has 0 bridgehead atoms. The Morgan fingerprint density at radius 2 is 1.96 bits per heavy atom. The van der Waals surface area contributed by atoms with Crippen molar-refractivity contribution in [3.05, 3.63) is 59.7 Å². The van der Waals surface area contributed by atoms with Gasteiger partial charge in [0, 0.05) is 12.2 Å². The largest absolute Gasteiger partial charge is 0.494 e. The van der Waals surface area contributed by atoms with Crippen molar-refractivity contribution in [3.63, 3.8) is 0 Å². The van der Waals surface area contributed by atoms with Crippen LogP contribution in [0, 0.1) is 6.92 Å². The molecule has 0 saturated carbocycles. The van der Waals surface area contributed by atoms with Crippen molar-refractivity contribution in [2.75, 3.05) is 18.5 Å².